The van der Waals surface area contributed by atoms with Crippen molar-refractivity contribution in [2.24, 2.45) is 0 Å². The second-order valence-corrected chi connectivity index (χ2v) is 9.26. The van der Waals surface area contributed by atoms with Gasteiger partial charge in [0.2, 0.25) is 0 Å². The lowest BCUT2D eigenvalue weighted by Gasteiger charge is -2.19. The van der Waals surface area contributed by atoms with E-state index in [-0.39, 0.29) is 6.29 Å². The molecule has 0 aromatic rings. The fourth-order valence-corrected chi connectivity index (χ4v) is 3.69. The number of ether oxygens (including phenoxy) is 4. The molecule has 0 aliphatic rings. The fourth-order valence-electron chi connectivity index (χ4n) is 3.69. The highest BCUT2D eigenvalue weighted by Crippen LogP contribution is 2.14. The molecule has 4 nitrogen and oxygen atoms in total. The minimum atomic E-state index is 0.0132. The van der Waals surface area contributed by atoms with Crippen LogP contribution < -0.4 is 0 Å². The summed E-state index contributed by atoms with van der Waals surface area (Å²) in [6.07, 6.45) is 27.5. The van der Waals surface area contributed by atoms with Crippen molar-refractivity contribution >= 4 is 0 Å². The van der Waals surface area contributed by atoms with E-state index in [2.05, 4.69) is 26.8 Å². The predicted molar refractivity (Wildman–Crippen MR) is 141 cm³/mol. The minimum Gasteiger partial charge on any atom is -0.475 e. The van der Waals surface area contributed by atoms with Crippen LogP contribution in [0.25, 0.3) is 0 Å². The van der Waals surface area contributed by atoms with Crippen molar-refractivity contribution in [1.82, 2.24) is 0 Å². The van der Waals surface area contributed by atoms with Gasteiger partial charge in [-0.3, -0.25) is 0 Å². The Hall–Kier alpha value is -0.580. The second kappa shape index (κ2) is 29.5. The van der Waals surface area contributed by atoms with E-state index in [0.717, 1.165) is 58.3 Å². The Labute approximate surface area is 207 Å². The summed E-state index contributed by atoms with van der Waals surface area (Å²) >= 11 is 0. The molecular weight excluding hydrogens is 412 g/mol. The molecule has 0 radical (unpaired) electrons. The first-order valence-corrected chi connectivity index (χ1v) is 14.4. The number of rotatable bonds is 28. The molecular formula is C29H58O4. The van der Waals surface area contributed by atoms with E-state index in [0.29, 0.717) is 6.79 Å². The van der Waals surface area contributed by atoms with Crippen molar-refractivity contribution in [2.45, 2.75) is 149 Å². The molecule has 0 bridgehead atoms. The first kappa shape index (κ1) is 32.4. The number of unbranched alkanes of at least 4 members (excludes halogenated alkanes) is 14. The van der Waals surface area contributed by atoms with Crippen molar-refractivity contribution in [2.75, 3.05) is 26.6 Å². The average Bonchev–Trinajstić information content (AvgIpc) is 2.83. The first-order valence-electron chi connectivity index (χ1n) is 14.4. The molecule has 0 aromatic carbocycles. The van der Waals surface area contributed by atoms with Gasteiger partial charge in [0.25, 0.3) is 0 Å². The van der Waals surface area contributed by atoms with Gasteiger partial charge in [-0.15, -0.1) is 0 Å². The van der Waals surface area contributed by atoms with Crippen LogP contribution in [0.1, 0.15) is 143 Å². The Balaban J connectivity index is 3.61. The molecule has 0 atom stereocenters. The third kappa shape index (κ3) is 27.5. The summed E-state index contributed by atoms with van der Waals surface area (Å²) in [5.41, 5.74) is 0. The lowest BCUT2D eigenvalue weighted by Crippen LogP contribution is -2.19. The van der Waals surface area contributed by atoms with E-state index in [9.17, 15) is 0 Å². The topological polar surface area (TPSA) is 36.9 Å². The van der Waals surface area contributed by atoms with E-state index in [1.807, 2.05) is 0 Å². The van der Waals surface area contributed by atoms with Gasteiger partial charge in [0.05, 0.1) is 12.9 Å². The molecule has 198 valence electrons. The maximum Gasteiger partial charge on any atom is 0.188 e. The van der Waals surface area contributed by atoms with Crippen LogP contribution in [0.15, 0.2) is 12.3 Å². The molecule has 0 aliphatic heterocycles. The van der Waals surface area contributed by atoms with E-state index >= 15 is 0 Å². The van der Waals surface area contributed by atoms with Gasteiger partial charge in [-0.1, -0.05) is 97.8 Å². The van der Waals surface area contributed by atoms with Crippen LogP contribution in [0.3, 0.4) is 0 Å². The lowest BCUT2D eigenvalue weighted by atomic mass is 10.1. The van der Waals surface area contributed by atoms with Gasteiger partial charge in [0, 0.05) is 13.2 Å². The van der Waals surface area contributed by atoms with Gasteiger partial charge in [-0.25, -0.2) is 0 Å². The van der Waals surface area contributed by atoms with Crippen molar-refractivity contribution in [1.29, 1.82) is 0 Å². The van der Waals surface area contributed by atoms with E-state index in [1.165, 1.54) is 83.5 Å². The summed E-state index contributed by atoms with van der Waals surface area (Å²) in [6, 6.07) is 0. The molecule has 0 spiro atoms. The third-order valence-corrected chi connectivity index (χ3v) is 5.90. The summed E-state index contributed by atoms with van der Waals surface area (Å²) in [5, 5.41) is 0. The Bertz CT molecular complexity index is 359. The predicted octanol–water partition coefficient (Wildman–Crippen LogP) is 9.32. The quantitative estimate of drug-likeness (QED) is 0.0648. The van der Waals surface area contributed by atoms with Crippen LogP contribution in [0.4, 0.5) is 0 Å². The SMILES string of the molecule is CCCCCCOC(CCCCCCCCCC=COCOCCCC)OCCCCCC. The molecule has 0 aromatic heterocycles. The summed E-state index contributed by atoms with van der Waals surface area (Å²) in [7, 11) is 0. The Morgan fingerprint density at radius 3 is 1.70 bits per heavy atom. The molecule has 0 fully saturated rings. The summed E-state index contributed by atoms with van der Waals surface area (Å²) in [5.74, 6) is 0. The van der Waals surface area contributed by atoms with Gasteiger partial charge in [-0.05, 0) is 51.0 Å². The smallest absolute Gasteiger partial charge is 0.188 e. The Morgan fingerprint density at radius 2 is 1.09 bits per heavy atom. The van der Waals surface area contributed by atoms with Gasteiger partial charge in [-0.2, -0.15) is 0 Å². The number of hydrogen-bond donors (Lipinski definition) is 0. The zero-order valence-electron chi connectivity index (χ0n) is 22.6. The molecule has 33 heavy (non-hydrogen) atoms. The van der Waals surface area contributed by atoms with Crippen LogP contribution in [0, 0.1) is 0 Å². The van der Waals surface area contributed by atoms with E-state index < -0.39 is 0 Å². The summed E-state index contributed by atoms with van der Waals surface area (Å²) in [4.78, 5) is 0. The molecule has 0 N–H and O–H groups in total. The summed E-state index contributed by atoms with van der Waals surface area (Å²) < 4.78 is 22.8. The fraction of sp³-hybridized carbons (Fsp3) is 0.931. The third-order valence-electron chi connectivity index (χ3n) is 5.90. The zero-order valence-corrected chi connectivity index (χ0v) is 22.6. The molecule has 0 amide bonds. The molecule has 0 rings (SSSR count). The highest BCUT2D eigenvalue weighted by Gasteiger charge is 2.09. The average molecular weight is 471 g/mol. The Morgan fingerprint density at radius 1 is 0.545 bits per heavy atom. The lowest BCUT2D eigenvalue weighted by molar-refractivity contribution is -0.148. The first-order chi connectivity index (χ1) is 16.3. The standard InChI is InChI=1S/C29H58O4/c1-4-7-10-21-26-32-29(33-27-22-11-8-5-2)23-19-17-15-13-12-14-16-18-20-25-31-28-30-24-9-6-3/h20,25,29H,4-19,21-24,26-28H2,1-3H3. The highest BCUT2D eigenvalue weighted by atomic mass is 16.7. The van der Waals surface area contributed by atoms with Crippen molar-refractivity contribution in [3.05, 3.63) is 12.3 Å². The van der Waals surface area contributed by atoms with Gasteiger partial charge in [0.15, 0.2) is 13.1 Å². The van der Waals surface area contributed by atoms with Crippen molar-refractivity contribution in [3.63, 3.8) is 0 Å². The van der Waals surface area contributed by atoms with Gasteiger partial charge < -0.3 is 18.9 Å². The van der Waals surface area contributed by atoms with Crippen LogP contribution in [-0.4, -0.2) is 32.9 Å². The molecule has 4 heteroatoms. The number of hydrogen-bond acceptors (Lipinski definition) is 4. The highest BCUT2D eigenvalue weighted by molar-refractivity contribution is 4.72. The van der Waals surface area contributed by atoms with Crippen molar-refractivity contribution < 1.29 is 18.9 Å². The second-order valence-electron chi connectivity index (χ2n) is 9.26. The normalized spacial score (nSPS) is 11.8. The van der Waals surface area contributed by atoms with Gasteiger partial charge in [0.1, 0.15) is 0 Å². The van der Waals surface area contributed by atoms with E-state index in [1.54, 1.807) is 6.26 Å². The maximum absolute atomic E-state index is 6.07. The molecule has 0 unspecified atom stereocenters. The van der Waals surface area contributed by atoms with Crippen LogP contribution in [-0.2, 0) is 18.9 Å². The van der Waals surface area contributed by atoms with Crippen LogP contribution in [0.2, 0.25) is 0 Å². The van der Waals surface area contributed by atoms with Crippen LogP contribution in [0.5, 0.6) is 0 Å². The number of allylic oxidation sites excluding steroid dienone is 1. The van der Waals surface area contributed by atoms with Crippen LogP contribution >= 0.6 is 0 Å². The summed E-state index contributed by atoms with van der Waals surface area (Å²) in [6.45, 7) is 9.55. The minimum absolute atomic E-state index is 0.0132. The zero-order chi connectivity index (χ0) is 24.1. The molecule has 0 saturated carbocycles. The monoisotopic (exact) mass is 470 g/mol. The van der Waals surface area contributed by atoms with Gasteiger partial charge >= 0.3 is 0 Å². The Kier molecular flexibility index (Phi) is 28.9. The molecule has 0 saturated heterocycles. The molecule has 0 aliphatic carbocycles. The van der Waals surface area contributed by atoms with E-state index in [4.69, 9.17) is 18.9 Å². The van der Waals surface area contributed by atoms with Crippen molar-refractivity contribution in [3.8, 4) is 0 Å². The molecule has 0 heterocycles. The maximum atomic E-state index is 6.07. The largest absolute Gasteiger partial charge is 0.475 e.